The van der Waals surface area contributed by atoms with E-state index in [0.29, 0.717) is 11.6 Å². The molecule has 4 aromatic rings. The molecule has 0 N–H and O–H groups in total. The van der Waals surface area contributed by atoms with E-state index in [4.69, 9.17) is 0 Å². The lowest BCUT2D eigenvalue weighted by Gasteiger charge is -2.07. The summed E-state index contributed by atoms with van der Waals surface area (Å²) in [6.07, 6.45) is 3.95. The molecule has 0 aliphatic carbocycles. The van der Waals surface area contributed by atoms with Gasteiger partial charge in [-0.05, 0) is 24.6 Å². The van der Waals surface area contributed by atoms with Crippen LogP contribution in [-0.2, 0) is 0 Å². The minimum atomic E-state index is 0.653. The Kier molecular flexibility index (Phi) is 4.79. The fraction of sp³-hybridized carbons (Fsp3) is 0.143. The molecule has 0 bridgehead atoms. The molecule has 4 rings (SSSR count). The van der Waals surface area contributed by atoms with Gasteiger partial charge >= 0.3 is 0 Å². The van der Waals surface area contributed by atoms with Crippen molar-refractivity contribution in [1.82, 2.24) is 35.2 Å². The summed E-state index contributed by atoms with van der Waals surface area (Å²) in [5, 5.41) is 27.0. The molecular formula is C14H11N7S4. The van der Waals surface area contributed by atoms with Crippen molar-refractivity contribution in [3.8, 4) is 27.4 Å². The summed E-state index contributed by atoms with van der Waals surface area (Å²) in [4.78, 5) is 0. The zero-order valence-corrected chi connectivity index (χ0v) is 16.4. The second-order valence-electron chi connectivity index (χ2n) is 4.67. The summed E-state index contributed by atoms with van der Waals surface area (Å²) in [5.41, 5.74) is 0.944. The van der Waals surface area contributed by atoms with Crippen molar-refractivity contribution in [2.75, 3.05) is 12.5 Å². The molecule has 0 fully saturated rings. The predicted molar refractivity (Wildman–Crippen MR) is 103 cm³/mol. The standard InChI is InChI=1S/C14H11N7S4/c1-22-13-19-17-11(24-13)9-15-16-10(12-18-20-14(23-2)25-12)21(9)8-6-4-3-5-7-8/h3-7H,1-2H3. The molecule has 1 aromatic carbocycles. The maximum atomic E-state index is 4.37. The summed E-state index contributed by atoms with van der Waals surface area (Å²) in [6, 6.07) is 9.93. The lowest BCUT2D eigenvalue weighted by atomic mass is 10.3. The fourth-order valence-corrected chi connectivity index (χ4v) is 4.64. The average molecular weight is 406 g/mol. The van der Waals surface area contributed by atoms with Crippen LogP contribution in [0.1, 0.15) is 0 Å². The van der Waals surface area contributed by atoms with Gasteiger partial charge in [-0.1, -0.05) is 64.4 Å². The highest BCUT2D eigenvalue weighted by Crippen LogP contribution is 2.34. The number of para-hydroxylation sites is 1. The van der Waals surface area contributed by atoms with Crippen LogP contribution in [0.2, 0.25) is 0 Å². The maximum absolute atomic E-state index is 4.37. The van der Waals surface area contributed by atoms with E-state index in [9.17, 15) is 0 Å². The van der Waals surface area contributed by atoms with Gasteiger partial charge in [-0.15, -0.1) is 30.6 Å². The molecule has 25 heavy (non-hydrogen) atoms. The first-order valence-electron chi connectivity index (χ1n) is 7.06. The van der Waals surface area contributed by atoms with Crippen molar-refractivity contribution in [2.24, 2.45) is 0 Å². The molecule has 0 saturated carbocycles. The van der Waals surface area contributed by atoms with Crippen LogP contribution in [0.15, 0.2) is 39.0 Å². The maximum Gasteiger partial charge on any atom is 0.200 e. The zero-order valence-electron chi connectivity index (χ0n) is 13.2. The summed E-state index contributed by atoms with van der Waals surface area (Å²) in [5.74, 6) is 1.31. The Morgan fingerprint density at radius 1 is 0.720 bits per heavy atom. The van der Waals surface area contributed by atoms with E-state index in [0.717, 1.165) is 24.4 Å². The molecule has 3 aromatic heterocycles. The number of hydrogen-bond acceptors (Lipinski definition) is 10. The molecule has 0 saturated heterocycles. The lowest BCUT2D eigenvalue weighted by Crippen LogP contribution is -2.00. The number of rotatable bonds is 5. The quantitative estimate of drug-likeness (QED) is 0.464. The Labute approximate surface area is 160 Å². The van der Waals surface area contributed by atoms with Gasteiger partial charge in [-0.25, -0.2) is 0 Å². The molecular weight excluding hydrogens is 394 g/mol. The second-order valence-corrected chi connectivity index (χ2v) is 8.73. The second kappa shape index (κ2) is 7.20. The lowest BCUT2D eigenvalue weighted by molar-refractivity contribution is 0.981. The fourth-order valence-electron chi connectivity index (χ4n) is 2.15. The van der Waals surface area contributed by atoms with Crippen molar-refractivity contribution >= 4 is 46.2 Å². The van der Waals surface area contributed by atoms with E-state index >= 15 is 0 Å². The van der Waals surface area contributed by atoms with Crippen molar-refractivity contribution in [1.29, 1.82) is 0 Å². The van der Waals surface area contributed by atoms with E-state index < -0.39 is 0 Å². The molecule has 126 valence electrons. The van der Waals surface area contributed by atoms with Crippen LogP contribution in [-0.4, -0.2) is 47.7 Å². The van der Waals surface area contributed by atoms with E-state index in [1.807, 2.05) is 47.4 Å². The summed E-state index contributed by atoms with van der Waals surface area (Å²) in [7, 11) is 0. The largest absolute Gasteiger partial charge is 0.271 e. The molecule has 0 atom stereocenters. The number of nitrogens with zero attached hydrogens (tertiary/aromatic N) is 7. The monoisotopic (exact) mass is 405 g/mol. The van der Waals surface area contributed by atoms with Crippen molar-refractivity contribution < 1.29 is 0 Å². The molecule has 11 heteroatoms. The van der Waals surface area contributed by atoms with Crippen LogP contribution in [0.5, 0.6) is 0 Å². The molecule has 3 heterocycles. The van der Waals surface area contributed by atoms with Gasteiger partial charge in [0.05, 0.1) is 0 Å². The highest BCUT2D eigenvalue weighted by atomic mass is 32.2. The van der Waals surface area contributed by atoms with Crippen LogP contribution in [0.25, 0.3) is 27.4 Å². The van der Waals surface area contributed by atoms with E-state index in [-0.39, 0.29) is 0 Å². The SMILES string of the molecule is CSc1nnc(-c2nnc(-c3nnc(SC)s3)n2-c2ccccc2)s1. The van der Waals surface area contributed by atoms with Gasteiger partial charge in [0.25, 0.3) is 0 Å². The Bertz CT molecular complexity index is 932. The number of thioether (sulfide) groups is 2. The van der Waals surface area contributed by atoms with Crippen LogP contribution < -0.4 is 0 Å². The first-order chi connectivity index (χ1) is 12.3. The number of aromatic nitrogens is 7. The average Bonchev–Trinajstić information content (AvgIpc) is 3.39. The summed E-state index contributed by atoms with van der Waals surface area (Å²) in [6.45, 7) is 0. The molecule has 7 nitrogen and oxygen atoms in total. The van der Waals surface area contributed by atoms with Gasteiger partial charge in [0, 0.05) is 5.69 Å². The van der Waals surface area contributed by atoms with E-state index in [1.165, 1.54) is 22.7 Å². The van der Waals surface area contributed by atoms with Gasteiger partial charge in [-0.2, -0.15) is 0 Å². The van der Waals surface area contributed by atoms with Crippen molar-refractivity contribution in [3.05, 3.63) is 30.3 Å². The van der Waals surface area contributed by atoms with E-state index in [2.05, 4.69) is 30.6 Å². The van der Waals surface area contributed by atoms with Gasteiger partial charge in [0.15, 0.2) is 30.3 Å². The summed E-state index contributed by atoms with van der Waals surface area (Å²) < 4.78 is 3.73. The minimum absolute atomic E-state index is 0.653. The Balaban J connectivity index is 1.90. The van der Waals surface area contributed by atoms with Gasteiger partial charge in [0.1, 0.15) is 0 Å². The Hall–Kier alpha value is -1.82. The highest BCUT2D eigenvalue weighted by molar-refractivity contribution is 8.00. The van der Waals surface area contributed by atoms with Crippen molar-refractivity contribution in [2.45, 2.75) is 8.68 Å². The predicted octanol–water partition coefficient (Wildman–Crippen LogP) is 3.75. The molecule has 0 aliphatic rings. The van der Waals surface area contributed by atoms with Crippen LogP contribution in [0.4, 0.5) is 0 Å². The normalized spacial score (nSPS) is 11.1. The van der Waals surface area contributed by atoms with Gasteiger partial charge in [-0.3, -0.25) is 4.57 Å². The van der Waals surface area contributed by atoms with Gasteiger partial charge in [0.2, 0.25) is 0 Å². The third kappa shape index (κ3) is 3.19. The van der Waals surface area contributed by atoms with Crippen LogP contribution in [0, 0.1) is 0 Å². The van der Waals surface area contributed by atoms with Gasteiger partial charge < -0.3 is 0 Å². The third-order valence-electron chi connectivity index (χ3n) is 3.22. The highest BCUT2D eigenvalue weighted by Gasteiger charge is 2.22. The molecule has 0 aliphatic heterocycles. The smallest absolute Gasteiger partial charge is 0.200 e. The first-order valence-corrected chi connectivity index (χ1v) is 11.1. The Morgan fingerprint density at radius 3 is 1.68 bits per heavy atom. The summed E-state index contributed by atoms with van der Waals surface area (Å²) >= 11 is 6.11. The third-order valence-corrected chi connectivity index (χ3v) is 7.01. The Morgan fingerprint density at radius 2 is 1.24 bits per heavy atom. The molecule has 0 spiro atoms. The van der Waals surface area contributed by atoms with E-state index in [1.54, 1.807) is 23.5 Å². The van der Waals surface area contributed by atoms with Crippen LogP contribution in [0.3, 0.4) is 0 Å². The topological polar surface area (TPSA) is 82.3 Å². The molecule has 0 unspecified atom stereocenters. The molecule has 0 amide bonds. The molecule has 0 radical (unpaired) electrons. The van der Waals surface area contributed by atoms with Crippen molar-refractivity contribution in [3.63, 3.8) is 0 Å². The zero-order chi connectivity index (χ0) is 17.2. The number of benzene rings is 1. The first kappa shape index (κ1) is 16.6. The van der Waals surface area contributed by atoms with Crippen LogP contribution >= 0.6 is 46.2 Å². The minimum Gasteiger partial charge on any atom is -0.271 e. The number of hydrogen-bond donors (Lipinski definition) is 0.